The van der Waals surface area contributed by atoms with Gasteiger partial charge in [0, 0.05) is 37.0 Å². The van der Waals surface area contributed by atoms with E-state index in [4.69, 9.17) is 27.9 Å². The van der Waals surface area contributed by atoms with Crippen molar-refractivity contribution in [3.63, 3.8) is 0 Å². The summed E-state index contributed by atoms with van der Waals surface area (Å²) in [4.78, 5) is 27.7. The zero-order valence-corrected chi connectivity index (χ0v) is 18.9. The van der Waals surface area contributed by atoms with Crippen molar-refractivity contribution in [2.75, 3.05) is 26.2 Å². The van der Waals surface area contributed by atoms with Crippen LogP contribution in [0.1, 0.15) is 16.8 Å². The summed E-state index contributed by atoms with van der Waals surface area (Å²) >= 11 is 14.7. The number of piperazine rings is 1. The Morgan fingerprint density at radius 1 is 1.22 bits per heavy atom. The molecule has 1 fully saturated rings. The second-order valence-corrected chi connectivity index (χ2v) is 9.40. The lowest BCUT2D eigenvalue weighted by Gasteiger charge is -2.41. The van der Waals surface area contributed by atoms with E-state index in [1.165, 1.54) is 28.4 Å². The normalized spacial score (nSPS) is 18.6. The van der Waals surface area contributed by atoms with Crippen molar-refractivity contribution in [3.05, 3.63) is 51.1 Å². The van der Waals surface area contributed by atoms with Crippen molar-refractivity contribution in [3.8, 4) is 16.9 Å². The molecule has 0 bridgehead atoms. The number of carbonyl (C=O) groups is 2. The second-order valence-electron chi connectivity index (χ2n) is 7.70. The summed E-state index contributed by atoms with van der Waals surface area (Å²) in [6.07, 6.45) is -0.538. The van der Waals surface area contributed by atoms with Gasteiger partial charge < -0.3 is 19.6 Å². The molecule has 3 aromatic rings. The van der Waals surface area contributed by atoms with E-state index in [0.717, 1.165) is 0 Å². The zero-order valence-electron chi connectivity index (χ0n) is 16.6. The largest absolute Gasteiger partial charge is 0.491 e. The maximum atomic E-state index is 14.2. The Bertz CT molecular complexity index is 1260. The number of fused-ring (bicyclic) bond motifs is 3. The van der Waals surface area contributed by atoms with Crippen LogP contribution in [0.25, 0.3) is 21.2 Å². The lowest BCUT2D eigenvalue weighted by atomic mass is 9.97. The van der Waals surface area contributed by atoms with Gasteiger partial charge in [-0.3, -0.25) is 4.79 Å². The number of ether oxygens (including phenoxy) is 1. The van der Waals surface area contributed by atoms with Gasteiger partial charge in [-0.25, -0.2) is 9.18 Å². The molecule has 1 saturated heterocycles. The van der Waals surface area contributed by atoms with Crippen LogP contribution in [-0.4, -0.2) is 59.2 Å². The Morgan fingerprint density at radius 2 is 2.03 bits per heavy atom. The molecule has 2 aliphatic heterocycles. The fourth-order valence-corrected chi connectivity index (χ4v) is 5.93. The molecule has 5 rings (SSSR count). The van der Waals surface area contributed by atoms with Gasteiger partial charge in [0.1, 0.15) is 5.82 Å². The van der Waals surface area contributed by atoms with Gasteiger partial charge in [-0.1, -0.05) is 29.3 Å². The van der Waals surface area contributed by atoms with E-state index >= 15 is 0 Å². The first-order valence-corrected chi connectivity index (χ1v) is 11.6. The van der Waals surface area contributed by atoms with E-state index in [2.05, 4.69) is 0 Å². The molecule has 3 heterocycles. The molecule has 6 nitrogen and oxygen atoms in total. The number of hydrogen-bond donors (Lipinski definition) is 1. The van der Waals surface area contributed by atoms with E-state index in [9.17, 15) is 19.1 Å². The fraction of sp³-hybridized carbons (Fsp3) is 0.273. The van der Waals surface area contributed by atoms with Crippen molar-refractivity contribution in [2.24, 2.45) is 0 Å². The Kier molecular flexibility index (Phi) is 5.39. The summed E-state index contributed by atoms with van der Waals surface area (Å²) in [5, 5.41) is 12.2. The number of hydrogen-bond acceptors (Lipinski definition) is 4. The fourth-order valence-electron chi connectivity index (χ4n) is 4.39. The first kappa shape index (κ1) is 21.3. The quantitative estimate of drug-likeness (QED) is 0.477. The van der Waals surface area contributed by atoms with Crippen molar-refractivity contribution >= 4 is 56.6 Å². The summed E-state index contributed by atoms with van der Waals surface area (Å²) in [6, 6.07) is 6.04. The van der Waals surface area contributed by atoms with Gasteiger partial charge in [-0.15, -0.1) is 11.3 Å². The summed E-state index contributed by atoms with van der Waals surface area (Å²) < 4.78 is 20.6. The van der Waals surface area contributed by atoms with Crippen LogP contribution in [0.4, 0.5) is 9.18 Å². The van der Waals surface area contributed by atoms with E-state index in [0.29, 0.717) is 27.6 Å². The maximum Gasteiger partial charge on any atom is 0.407 e. The highest BCUT2D eigenvalue weighted by atomic mass is 35.5. The number of amides is 2. The average Bonchev–Trinajstić information content (AvgIpc) is 3.26. The highest BCUT2D eigenvalue weighted by Gasteiger charge is 2.36. The van der Waals surface area contributed by atoms with Crippen LogP contribution in [-0.2, 0) is 0 Å². The molecule has 1 atom stereocenters. The minimum Gasteiger partial charge on any atom is -0.491 e. The Morgan fingerprint density at radius 3 is 2.81 bits per heavy atom. The number of rotatable bonds is 1. The van der Waals surface area contributed by atoms with Crippen LogP contribution in [0.5, 0.6) is 5.75 Å². The Balaban J connectivity index is 1.60. The number of benzene rings is 2. The molecule has 32 heavy (non-hydrogen) atoms. The van der Waals surface area contributed by atoms with Crippen LogP contribution in [0.3, 0.4) is 0 Å². The highest BCUT2D eigenvalue weighted by molar-refractivity contribution is 7.17. The molecule has 10 heteroatoms. The maximum absolute atomic E-state index is 14.2. The summed E-state index contributed by atoms with van der Waals surface area (Å²) in [7, 11) is 0. The molecule has 1 N–H and O–H groups in total. The molecule has 2 aliphatic rings. The van der Waals surface area contributed by atoms with E-state index in [-0.39, 0.29) is 65.4 Å². The van der Waals surface area contributed by atoms with E-state index in [1.54, 1.807) is 22.4 Å². The third-order valence-electron chi connectivity index (χ3n) is 5.95. The molecule has 1 aromatic heterocycles. The first-order valence-electron chi connectivity index (χ1n) is 9.96. The van der Waals surface area contributed by atoms with Crippen LogP contribution in [0.2, 0.25) is 10.0 Å². The van der Waals surface area contributed by atoms with Gasteiger partial charge >= 0.3 is 6.09 Å². The topological polar surface area (TPSA) is 70.1 Å². The third-order valence-corrected chi connectivity index (χ3v) is 7.53. The molecular weight excluding hydrogens is 478 g/mol. The van der Waals surface area contributed by atoms with Crippen molar-refractivity contribution < 1.29 is 23.8 Å². The molecule has 0 aliphatic carbocycles. The predicted molar refractivity (Wildman–Crippen MR) is 122 cm³/mol. The van der Waals surface area contributed by atoms with Gasteiger partial charge in [0.25, 0.3) is 5.91 Å². The molecular formula is C22H17Cl2FN2O4S. The molecule has 0 saturated carbocycles. The average molecular weight is 495 g/mol. The van der Waals surface area contributed by atoms with Crippen LogP contribution in [0, 0.1) is 5.82 Å². The standard InChI is InChI=1S/C22H17Cl2FN2O4S/c23-15-9-14-19(18(24)17(15)12-1-2-16(25)20-13(12)4-8-32-20)31-7-3-11-10-26(22(29)30)5-6-27(11)21(14)28/h1-2,4,8-9,11H,3,5-7,10H2,(H,29,30)/t11-/m0/s1. The number of thiophene rings is 1. The van der Waals surface area contributed by atoms with Gasteiger partial charge in [-0.2, -0.15) is 0 Å². The van der Waals surface area contributed by atoms with Crippen molar-refractivity contribution in [2.45, 2.75) is 12.5 Å². The molecule has 2 amide bonds. The number of carboxylic acid groups (broad SMARTS) is 1. The van der Waals surface area contributed by atoms with Crippen LogP contribution in [0.15, 0.2) is 29.6 Å². The SMILES string of the molecule is O=C(O)N1CCN2C(=O)c3cc(Cl)c(-c4ccc(F)c5sccc45)c(Cl)c3OCC[C@H]2C1. The van der Waals surface area contributed by atoms with Crippen molar-refractivity contribution in [1.82, 2.24) is 9.80 Å². The lowest BCUT2D eigenvalue weighted by molar-refractivity contribution is 0.0375. The molecule has 0 radical (unpaired) electrons. The second kappa shape index (κ2) is 8.10. The first-order chi connectivity index (χ1) is 15.4. The number of carbonyl (C=O) groups excluding carboxylic acids is 1. The molecule has 0 unspecified atom stereocenters. The monoisotopic (exact) mass is 494 g/mol. The van der Waals surface area contributed by atoms with Crippen LogP contribution < -0.4 is 4.74 Å². The lowest BCUT2D eigenvalue weighted by Crippen LogP contribution is -2.57. The van der Waals surface area contributed by atoms with E-state index in [1.807, 2.05) is 0 Å². The van der Waals surface area contributed by atoms with Gasteiger partial charge in [0.15, 0.2) is 5.75 Å². The highest BCUT2D eigenvalue weighted by Crippen LogP contribution is 2.47. The number of halogens is 3. The molecule has 166 valence electrons. The van der Waals surface area contributed by atoms with Gasteiger partial charge in [-0.05, 0) is 29.1 Å². The van der Waals surface area contributed by atoms with E-state index < -0.39 is 6.09 Å². The van der Waals surface area contributed by atoms with Crippen LogP contribution >= 0.6 is 34.5 Å². The van der Waals surface area contributed by atoms with Gasteiger partial charge in [0.05, 0.1) is 33.0 Å². The van der Waals surface area contributed by atoms with Gasteiger partial charge in [0.2, 0.25) is 0 Å². The predicted octanol–water partition coefficient (Wildman–Crippen LogP) is 5.60. The molecule has 2 aromatic carbocycles. The Labute approximate surface area is 196 Å². The number of nitrogens with zero attached hydrogens (tertiary/aromatic N) is 2. The Hall–Kier alpha value is -2.55. The van der Waals surface area contributed by atoms with Crippen molar-refractivity contribution in [1.29, 1.82) is 0 Å². The summed E-state index contributed by atoms with van der Waals surface area (Å²) in [6.45, 7) is 0.997. The smallest absolute Gasteiger partial charge is 0.407 e. The summed E-state index contributed by atoms with van der Waals surface area (Å²) in [5.41, 5.74) is 1.38. The zero-order chi connectivity index (χ0) is 22.6. The third kappa shape index (κ3) is 3.37. The minimum absolute atomic E-state index is 0.197. The minimum atomic E-state index is -1.00. The summed E-state index contributed by atoms with van der Waals surface area (Å²) in [5.74, 6) is -0.386. The molecule has 0 spiro atoms.